The summed E-state index contributed by atoms with van der Waals surface area (Å²) < 4.78 is 27.7. The van der Waals surface area contributed by atoms with Gasteiger partial charge >= 0.3 is 0 Å². The molecule has 11 nitrogen and oxygen atoms in total. The summed E-state index contributed by atoms with van der Waals surface area (Å²) in [7, 11) is -4.04. The van der Waals surface area contributed by atoms with Crippen LogP contribution in [0.2, 0.25) is 0 Å². The lowest BCUT2D eigenvalue weighted by Gasteiger charge is -2.59. The van der Waals surface area contributed by atoms with Crippen molar-refractivity contribution in [3.63, 3.8) is 0 Å². The Balaban J connectivity index is 1.19. The van der Waals surface area contributed by atoms with E-state index in [0.717, 1.165) is 23.4 Å². The molecule has 1 heterocycles. The average Bonchev–Trinajstić information content (AvgIpc) is 2.92. The van der Waals surface area contributed by atoms with Crippen LogP contribution in [0.4, 0.5) is 22.7 Å². The fraction of sp³-hybridized carbons (Fsp3) is 0.571. The predicted octanol–water partition coefficient (Wildman–Crippen LogP) is 5.03. The highest BCUT2D eigenvalue weighted by Gasteiger charge is 2.53. The van der Waals surface area contributed by atoms with Crippen molar-refractivity contribution in [3.05, 3.63) is 62.7 Å². The number of benzene rings is 2. The van der Waals surface area contributed by atoms with Gasteiger partial charge in [0.2, 0.25) is 10.0 Å². The van der Waals surface area contributed by atoms with Crippen LogP contribution in [-0.4, -0.2) is 54.8 Å². The lowest BCUT2D eigenvalue weighted by atomic mass is 9.48. The molecular formula is C28H35N5O6S. The van der Waals surface area contributed by atoms with Crippen LogP contribution < -0.4 is 10.2 Å². The number of anilines is 2. The molecule has 2 aromatic rings. The molecule has 0 aromatic heterocycles. The minimum Gasteiger partial charge on any atom is -0.376 e. The smallest absolute Gasteiger partial charge is 0.292 e. The molecule has 2 aromatic carbocycles. The number of nitrogens with one attached hydrogen (secondary N) is 1. The zero-order valence-corrected chi connectivity index (χ0v) is 23.4. The van der Waals surface area contributed by atoms with Gasteiger partial charge in [-0.05, 0) is 86.8 Å². The SMILES string of the molecule is C[C@H](Nc1cc(N2CCN(S(=O)(=O)c3ccccc3[N+](=O)[O-])CC2)ccc1[N+](=O)[O-])C12CC3CC(CC(C3)C1)C2. The van der Waals surface area contributed by atoms with Crippen LogP contribution in [0.3, 0.4) is 0 Å². The molecule has 5 aliphatic rings. The van der Waals surface area contributed by atoms with Crippen molar-refractivity contribution in [2.75, 3.05) is 36.4 Å². The highest BCUT2D eigenvalue weighted by Crippen LogP contribution is 2.61. The second kappa shape index (κ2) is 9.99. The summed E-state index contributed by atoms with van der Waals surface area (Å²) in [5, 5.41) is 26.9. The fourth-order valence-electron chi connectivity index (χ4n) is 8.24. The maximum Gasteiger partial charge on any atom is 0.292 e. The molecule has 4 aliphatic carbocycles. The Morgan fingerprint density at radius 2 is 1.45 bits per heavy atom. The standard InChI is InChI=1S/C28H35N5O6S/c1-19(28-16-20-12-21(17-28)14-22(13-20)18-28)29-24-15-23(6-7-25(24)32(34)35)30-8-10-31(11-9-30)40(38,39)27-5-3-2-4-26(27)33(36)37/h2-7,15,19-22,29H,8-14,16-18H2,1H3/t19-,20?,21?,22?,28?/m0/s1. The first kappa shape index (κ1) is 26.9. The molecule has 214 valence electrons. The molecule has 1 saturated heterocycles. The minimum absolute atomic E-state index is 0.0397. The summed E-state index contributed by atoms with van der Waals surface area (Å²) >= 11 is 0. The van der Waals surface area contributed by atoms with E-state index >= 15 is 0 Å². The third-order valence-electron chi connectivity index (χ3n) is 9.84. The van der Waals surface area contributed by atoms with E-state index in [9.17, 15) is 28.6 Å². The molecule has 0 radical (unpaired) electrons. The van der Waals surface area contributed by atoms with E-state index in [2.05, 4.69) is 12.2 Å². The van der Waals surface area contributed by atoms with Crippen LogP contribution in [0.1, 0.15) is 45.4 Å². The van der Waals surface area contributed by atoms with Gasteiger partial charge < -0.3 is 10.2 Å². The molecule has 1 N–H and O–H groups in total. The van der Waals surface area contributed by atoms with E-state index in [-0.39, 0.29) is 40.1 Å². The van der Waals surface area contributed by atoms with Crippen molar-refractivity contribution in [1.29, 1.82) is 0 Å². The number of nitro benzene ring substituents is 2. The van der Waals surface area contributed by atoms with Crippen LogP contribution in [0.5, 0.6) is 0 Å². The zero-order valence-electron chi connectivity index (χ0n) is 22.6. The monoisotopic (exact) mass is 569 g/mol. The molecule has 0 unspecified atom stereocenters. The van der Waals surface area contributed by atoms with Crippen molar-refractivity contribution in [2.45, 2.75) is 56.4 Å². The molecule has 7 rings (SSSR count). The Bertz CT molecular complexity index is 1400. The van der Waals surface area contributed by atoms with Gasteiger partial charge in [0.15, 0.2) is 4.90 Å². The lowest BCUT2D eigenvalue weighted by Crippen LogP contribution is -2.53. The highest BCUT2D eigenvalue weighted by molar-refractivity contribution is 7.89. The summed E-state index contributed by atoms with van der Waals surface area (Å²) in [5.74, 6) is 2.34. The van der Waals surface area contributed by atoms with Gasteiger partial charge in [0.05, 0.1) is 9.85 Å². The first-order chi connectivity index (χ1) is 19.1. The number of sulfonamides is 1. The number of nitrogens with zero attached hydrogens (tertiary/aromatic N) is 4. The first-order valence-corrected chi connectivity index (χ1v) is 15.5. The normalized spacial score (nSPS) is 28.8. The quantitative estimate of drug-likeness (QED) is 0.345. The van der Waals surface area contributed by atoms with E-state index in [1.807, 2.05) is 11.0 Å². The van der Waals surface area contributed by atoms with E-state index in [1.165, 1.54) is 73.2 Å². The molecule has 4 saturated carbocycles. The highest BCUT2D eigenvalue weighted by atomic mass is 32.2. The number of rotatable bonds is 8. The maximum absolute atomic E-state index is 13.2. The second-order valence-electron chi connectivity index (χ2n) is 12.2. The van der Waals surface area contributed by atoms with Gasteiger partial charge in [0.1, 0.15) is 5.69 Å². The van der Waals surface area contributed by atoms with E-state index < -0.39 is 20.6 Å². The Morgan fingerprint density at radius 1 is 0.875 bits per heavy atom. The fourth-order valence-corrected chi connectivity index (χ4v) is 9.82. The molecule has 4 bridgehead atoms. The number of hydrogen-bond donors (Lipinski definition) is 1. The van der Waals surface area contributed by atoms with Gasteiger partial charge in [-0.1, -0.05) is 12.1 Å². The Morgan fingerprint density at radius 3 is 2.02 bits per heavy atom. The second-order valence-corrected chi connectivity index (χ2v) is 14.1. The summed E-state index contributed by atoms with van der Waals surface area (Å²) in [6.45, 7) is 3.20. The third kappa shape index (κ3) is 4.70. The van der Waals surface area contributed by atoms with Crippen LogP contribution in [0, 0.1) is 43.4 Å². The average molecular weight is 570 g/mol. The zero-order chi connectivity index (χ0) is 28.2. The van der Waals surface area contributed by atoms with Gasteiger partial charge in [-0.25, -0.2) is 8.42 Å². The van der Waals surface area contributed by atoms with Gasteiger partial charge in [0.25, 0.3) is 11.4 Å². The predicted molar refractivity (Wildman–Crippen MR) is 151 cm³/mol. The Labute approximate surface area is 233 Å². The summed E-state index contributed by atoms with van der Waals surface area (Å²) in [4.78, 5) is 24.0. The van der Waals surface area contributed by atoms with Crippen molar-refractivity contribution >= 4 is 32.8 Å². The van der Waals surface area contributed by atoms with E-state index in [4.69, 9.17) is 0 Å². The number of piperazine rings is 1. The maximum atomic E-state index is 13.2. The van der Waals surface area contributed by atoms with Crippen LogP contribution >= 0.6 is 0 Å². The molecular weight excluding hydrogens is 534 g/mol. The molecule has 12 heteroatoms. The van der Waals surface area contributed by atoms with Crippen molar-refractivity contribution in [1.82, 2.24) is 4.31 Å². The number of nitro groups is 2. The van der Waals surface area contributed by atoms with Crippen molar-refractivity contribution < 1.29 is 18.3 Å². The summed E-state index contributed by atoms with van der Waals surface area (Å²) in [6.07, 6.45) is 7.58. The summed E-state index contributed by atoms with van der Waals surface area (Å²) in [5.41, 5.74) is 1.06. The van der Waals surface area contributed by atoms with Crippen molar-refractivity contribution in [3.8, 4) is 0 Å². The number of para-hydroxylation sites is 1. The minimum atomic E-state index is -4.04. The largest absolute Gasteiger partial charge is 0.376 e. The molecule has 1 aliphatic heterocycles. The Kier molecular flexibility index (Phi) is 6.73. The molecule has 5 fully saturated rings. The Hall–Kier alpha value is -3.25. The topological polar surface area (TPSA) is 139 Å². The summed E-state index contributed by atoms with van der Waals surface area (Å²) in [6, 6.07) is 10.6. The molecule has 40 heavy (non-hydrogen) atoms. The van der Waals surface area contributed by atoms with Gasteiger partial charge in [-0.3, -0.25) is 20.2 Å². The lowest BCUT2D eigenvalue weighted by molar-refractivity contribution is -0.387. The molecule has 1 atom stereocenters. The van der Waals surface area contributed by atoms with Crippen LogP contribution in [0.25, 0.3) is 0 Å². The van der Waals surface area contributed by atoms with E-state index in [1.54, 1.807) is 6.07 Å². The first-order valence-electron chi connectivity index (χ1n) is 14.1. The number of hydrogen-bond acceptors (Lipinski definition) is 8. The van der Waals surface area contributed by atoms with E-state index in [0.29, 0.717) is 18.8 Å². The van der Waals surface area contributed by atoms with Crippen molar-refractivity contribution in [2.24, 2.45) is 23.2 Å². The molecule has 0 amide bonds. The van der Waals surface area contributed by atoms with Gasteiger partial charge in [-0.2, -0.15) is 4.31 Å². The van der Waals surface area contributed by atoms with Gasteiger partial charge in [0, 0.05) is 50.0 Å². The van der Waals surface area contributed by atoms with Crippen LogP contribution in [-0.2, 0) is 10.0 Å². The van der Waals surface area contributed by atoms with Crippen LogP contribution in [0.15, 0.2) is 47.4 Å². The van der Waals surface area contributed by atoms with Gasteiger partial charge in [-0.15, -0.1) is 0 Å². The third-order valence-corrected chi connectivity index (χ3v) is 11.8. The molecule has 0 spiro atoms.